The normalized spacial score (nSPS) is 14.3. The Hall–Kier alpha value is -3.30. The van der Waals surface area contributed by atoms with E-state index in [1.54, 1.807) is 0 Å². The molecular weight excluding hydrogens is 352 g/mol. The standard InChI is InChI=1S/C22H24N4O2/c1-16-6-5-8-19(17(16)2)25-22(27)18(14-23)15-24-20-7-3-4-9-21(20)26-10-12-28-13-11-26/h3-9,15,24H,10-13H2,1-2H3,(H,25,27)/b18-15-. The van der Waals surface area contributed by atoms with E-state index < -0.39 is 5.91 Å². The molecule has 1 saturated heterocycles. The number of carbonyl (C=O) groups excluding carboxylic acids is 1. The predicted octanol–water partition coefficient (Wildman–Crippen LogP) is 3.60. The minimum absolute atomic E-state index is 0.0117. The number of benzene rings is 2. The topological polar surface area (TPSA) is 77.4 Å². The van der Waals surface area contributed by atoms with Crippen LogP contribution in [0.4, 0.5) is 17.1 Å². The number of nitriles is 1. The zero-order chi connectivity index (χ0) is 19.9. The number of rotatable bonds is 5. The Balaban J connectivity index is 1.76. The van der Waals surface area contributed by atoms with Crippen LogP contribution < -0.4 is 15.5 Å². The molecule has 6 nitrogen and oxygen atoms in total. The summed E-state index contributed by atoms with van der Waals surface area (Å²) in [6.45, 7) is 6.91. The van der Waals surface area contributed by atoms with Crippen LogP contribution in [0.15, 0.2) is 54.2 Å². The van der Waals surface area contributed by atoms with Crippen molar-refractivity contribution in [2.75, 3.05) is 41.8 Å². The monoisotopic (exact) mass is 376 g/mol. The highest BCUT2D eigenvalue weighted by Crippen LogP contribution is 2.26. The van der Waals surface area contributed by atoms with E-state index in [0.29, 0.717) is 18.9 Å². The number of amides is 1. The first kappa shape index (κ1) is 19.5. The van der Waals surface area contributed by atoms with Gasteiger partial charge in [0, 0.05) is 25.0 Å². The van der Waals surface area contributed by atoms with Gasteiger partial charge in [0.1, 0.15) is 11.6 Å². The summed E-state index contributed by atoms with van der Waals surface area (Å²) in [6.07, 6.45) is 1.46. The number of carbonyl (C=O) groups is 1. The molecule has 3 rings (SSSR count). The maximum Gasteiger partial charge on any atom is 0.267 e. The lowest BCUT2D eigenvalue weighted by atomic mass is 10.1. The van der Waals surface area contributed by atoms with Crippen LogP contribution in [0.5, 0.6) is 0 Å². The Morgan fingerprint density at radius 2 is 1.82 bits per heavy atom. The van der Waals surface area contributed by atoms with Crippen molar-refractivity contribution in [1.82, 2.24) is 0 Å². The minimum atomic E-state index is -0.437. The number of nitrogens with one attached hydrogen (secondary N) is 2. The van der Waals surface area contributed by atoms with Gasteiger partial charge in [-0.25, -0.2) is 0 Å². The van der Waals surface area contributed by atoms with Crippen molar-refractivity contribution in [3.05, 3.63) is 65.4 Å². The van der Waals surface area contributed by atoms with E-state index in [0.717, 1.165) is 35.6 Å². The number of hydrogen-bond acceptors (Lipinski definition) is 5. The maximum atomic E-state index is 12.5. The maximum absolute atomic E-state index is 12.5. The van der Waals surface area contributed by atoms with Gasteiger partial charge in [0.25, 0.3) is 5.91 Å². The van der Waals surface area contributed by atoms with E-state index in [4.69, 9.17) is 4.74 Å². The molecule has 2 aromatic rings. The number of hydrogen-bond donors (Lipinski definition) is 2. The van der Waals surface area contributed by atoms with Crippen LogP contribution >= 0.6 is 0 Å². The quantitative estimate of drug-likeness (QED) is 0.616. The summed E-state index contributed by atoms with van der Waals surface area (Å²) < 4.78 is 5.41. The van der Waals surface area contributed by atoms with E-state index >= 15 is 0 Å². The third-order valence-corrected chi connectivity index (χ3v) is 4.85. The Labute approximate surface area is 165 Å². The fraction of sp³-hybridized carbons (Fsp3) is 0.273. The van der Waals surface area contributed by atoms with Crippen LogP contribution in [-0.2, 0) is 9.53 Å². The highest BCUT2D eigenvalue weighted by atomic mass is 16.5. The summed E-state index contributed by atoms with van der Waals surface area (Å²) in [6, 6.07) is 15.5. The molecule has 1 amide bonds. The fourth-order valence-corrected chi connectivity index (χ4v) is 3.05. The second kappa shape index (κ2) is 9.07. The number of morpholine rings is 1. The molecule has 0 bridgehead atoms. The third kappa shape index (κ3) is 4.51. The van der Waals surface area contributed by atoms with Crippen LogP contribution in [0.1, 0.15) is 11.1 Å². The number of ether oxygens (including phenoxy) is 1. The van der Waals surface area contributed by atoms with Gasteiger partial charge in [-0.15, -0.1) is 0 Å². The van der Waals surface area contributed by atoms with Crippen LogP contribution in [-0.4, -0.2) is 32.2 Å². The summed E-state index contributed by atoms with van der Waals surface area (Å²) in [5.41, 5.74) is 4.65. The largest absolute Gasteiger partial charge is 0.378 e. The molecule has 1 aliphatic heterocycles. The van der Waals surface area contributed by atoms with E-state index in [1.165, 1.54) is 6.20 Å². The summed E-state index contributed by atoms with van der Waals surface area (Å²) in [5, 5.41) is 15.4. The van der Waals surface area contributed by atoms with Gasteiger partial charge in [0.2, 0.25) is 0 Å². The molecule has 0 radical (unpaired) electrons. The van der Waals surface area contributed by atoms with E-state index in [1.807, 2.05) is 62.4 Å². The molecule has 2 N–H and O–H groups in total. The molecule has 0 saturated carbocycles. The van der Waals surface area contributed by atoms with Crippen molar-refractivity contribution in [3.63, 3.8) is 0 Å². The molecule has 0 atom stereocenters. The molecule has 144 valence electrons. The molecular formula is C22H24N4O2. The van der Waals surface area contributed by atoms with Crippen molar-refractivity contribution < 1.29 is 9.53 Å². The van der Waals surface area contributed by atoms with Crippen molar-refractivity contribution in [3.8, 4) is 6.07 Å². The zero-order valence-electron chi connectivity index (χ0n) is 16.2. The molecule has 1 fully saturated rings. The van der Waals surface area contributed by atoms with Gasteiger partial charge >= 0.3 is 0 Å². The van der Waals surface area contributed by atoms with Gasteiger partial charge in [0.15, 0.2) is 0 Å². The van der Waals surface area contributed by atoms with Gasteiger partial charge in [-0.1, -0.05) is 24.3 Å². The number of para-hydroxylation sites is 2. The number of anilines is 3. The Morgan fingerprint density at radius 3 is 2.57 bits per heavy atom. The second-order valence-electron chi connectivity index (χ2n) is 6.63. The summed E-state index contributed by atoms with van der Waals surface area (Å²) >= 11 is 0. The Kier molecular flexibility index (Phi) is 6.30. The molecule has 6 heteroatoms. The van der Waals surface area contributed by atoms with Gasteiger partial charge in [-0.3, -0.25) is 4.79 Å². The van der Waals surface area contributed by atoms with Crippen molar-refractivity contribution >= 4 is 23.0 Å². The Bertz CT molecular complexity index is 924. The van der Waals surface area contributed by atoms with Crippen LogP contribution in [0.2, 0.25) is 0 Å². The fourth-order valence-electron chi connectivity index (χ4n) is 3.05. The van der Waals surface area contributed by atoms with Gasteiger partial charge in [-0.05, 0) is 43.2 Å². The molecule has 1 aliphatic rings. The summed E-state index contributed by atoms with van der Waals surface area (Å²) in [7, 11) is 0. The SMILES string of the molecule is Cc1cccc(NC(=O)/C(C#N)=C\Nc2ccccc2N2CCOCC2)c1C. The first-order valence-corrected chi connectivity index (χ1v) is 9.26. The van der Waals surface area contributed by atoms with Crippen LogP contribution in [0, 0.1) is 25.2 Å². The minimum Gasteiger partial charge on any atom is -0.378 e. The highest BCUT2D eigenvalue weighted by molar-refractivity contribution is 6.07. The predicted molar refractivity (Wildman–Crippen MR) is 111 cm³/mol. The molecule has 28 heavy (non-hydrogen) atoms. The highest BCUT2D eigenvalue weighted by Gasteiger charge is 2.15. The second-order valence-corrected chi connectivity index (χ2v) is 6.63. The van der Waals surface area contributed by atoms with Crippen molar-refractivity contribution in [2.45, 2.75) is 13.8 Å². The number of aryl methyl sites for hydroxylation is 1. The smallest absolute Gasteiger partial charge is 0.267 e. The lowest BCUT2D eigenvalue weighted by molar-refractivity contribution is -0.112. The van der Waals surface area contributed by atoms with E-state index in [2.05, 4.69) is 15.5 Å². The van der Waals surface area contributed by atoms with Gasteiger partial charge < -0.3 is 20.3 Å². The van der Waals surface area contributed by atoms with Crippen molar-refractivity contribution in [1.29, 1.82) is 5.26 Å². The average Bonchev–Trinajstić information content (AvgIpc) is 2.73. The van der Waals surface area contributed by atoms with Gasteiger partial charge in [0.05, 0.1) is 24.6 Å². The first-order chi connectivity index (χ1) is 13.6. The molecule has 2 aromatic carbocycles. The first-order valence-electron chi connectivity index (χ1n) is 9.26. The summed E-state index contributed by atoms with van der Waals surface area (Å²) in [4.78, 5) is 14.8. The Morgan fingerprint density at radius 1 is 1.11 bits per heavy atom. The van der Waals surface area contributed by atoms with Crippen LogP contribution in [0.25, 0.3) is 0 Å². The lowest BCUT2D eigenvalue weighted by Crippen LogP contribution is -2.36. The third-order valence-electron chi connectivity index (χ3n) is 4.85. The average molecular weight is 376 g/mol. The zero-order valence-corrected chi connectivity index (χ0v) is 16.2. The lowest BCUT2D eigenvalue weighted by Gasteiger charge is -2.30. The van der Waals surface area contributed by atoms with E-state index in [-0.39, 0.29) is 5.57 Å². The molecule has 0 unspecified atom stereocenters. The van der Waals surface area contributed by atoms with Crippen LogP contribution in [0.3, 0.4) is 0 Å². The molecule has 0 aliphatic carbocycles. The number of nitrogens with zero attached hydrogens (tertiary/aromatic N) is 2. The summed E-state index contributed by atoms with van der Waals surface area (Å²) in [5.74, 6) is -0.437. The molecule has 0 spiro atoms. The molecule has 0 aromatic heterocycles. The van der Waals surface area contributed by atoms with Gasteiger partial charge in [-0.2, -0.15) is 5.26 Å². The van der Waals surface area contributed by atoms with Crippen molar-refractivity contribution in [2.24, 2.45) is 0 Å². The van der Waals surface area contributed by atoms with E-state index in [9.17, 15) is 10.1 Å². The molecule has 1 heterocycles.